The van der Waals surface area contributed by atoms with Crippen LogP contribution < -0.4 is 4.90 Å². The number of alkyl halides is 3. The predicted molar refractivity (Wildman–Crippen MR) is 108 cm³/mol. The quantitative estimate of drug-likeness (QED) is 0.637. The molecule has 1 atom stereocenters. The Morgan fingerprint density at radius 2 is 2.00 bits per heavy atom. The van der Waals surface area contributed by atoms with Crippen LogP contribution in [-0.4, -0.2) is 63.9 Å². The van der Waals surface area contributed by atoms with Crippen molar-refractivity contribution in [1.29, 1.82) is 5.26 Å². The van der Waals surface area contributed by atoms with Crippen molar-refractivity contribution in [3.05, 3.63) is 29.3 Å². The van der Waals surface area contributed by atoms with E-state index in [9.17, 15) is 18.0 Å². The second-order valence-corrected chi connectivity index (χ2v) is 8.35. The Labute approximate surface area is 180 Å². The number of hydrogen-bond donors (Lipinski definition) is 0. The summed E-state index contributed by atoms with van der Waals surface area (Å²) in [6, 6.07) is 5.51. The molecule has 0 N–H and O–H groups in total. The van der Waals surface area contributed by atoms with Gasteiger partial charge in [-0.2, -0.15) is 18.4 Å². The van der Waals surface area contributed by atoms with Crippen LogP contribution in [0.3, 0.4) is 0 Å². The van der Waals surface area contributed by atoms with Crippen molar-refractivity contribution in [1.82, 2.24) is 4.90 Å². The molecule has 0 radical (unpaired) electrons. The molecule has 1 unspecified atom stereocenters. The molecular weight excluding hydrogens is 411 g/mol. The summed E-state index contributed by atoms with van der Waals surface area (Å²) in [5, 5.41) is 9.01. The molecule has 3 rings (SSSR count). The number of amides is 1. The van der Waals surface area contributed by atoms with Gasteiger partial charge in [-0.05, 0) is 36.5 Å². The molecule has 2 saturated heterocycles. The highest BCUT2D eigenvalue weighted by atomic mass is 19.4. The third-order valence-corrected chi connectivity index (χ3v) is 6.56. The second-order valence-electron chi connectivity index (χ2n) is 8.35. The van der Waals surface area contributed by atoms with E-state index in [1.165, 1.54) is 6.07 Å². The molecule has 0 aliphatic carbocycles. The van der Waals surface area contributed by atoms with Gasteiger partial charge in [0.05, 0.1) is 37.0 Å². The maximum absolute atomic E-state index is 13.3. The van der Waals surface area contributed by atoms with Crippen LogP contribution in [0.25, 0.3) is 0 Å². The van der Waals surface area contributed by atoms with Crippen LogP contribution in [0.4, 0.5) is 18.9 Å². The van der Waals surface area contributed by atoms with Crippen molar-refractivity contribution in [3.63, 3.8) is 0 Å². The van der Waals surface area contributed by atoms with Crippen LogP contribution >= 0.6 is 0 Å². The fourth-order valence-corrected chi connectivity index (χ4v) is 4.71. The summed E-state index contributed by atoms with van der Waals surface area (Å²) in [7, 11) is 1.61. The molecule has 2 aliphatic heterocycles. The zero-order valence-electron chi connectivity index (χ0n) is 17.9. The van der Waals surface area contributed by atoms with Crippen molar-refractivity contribution >= 4 is 11.6 Å². The lowest BCUT2D eigenvalue weighted by Crippen LogP contribution is -2.45. The number of nitrogens with zero attached hydrogens (tertiary/aromatic N) is 3. The number of rotatable bonds is 6. The first-order valence-corrected chi connectivity index (χ1v) is 10.4. The van der Waals surface area contributed by atoms with Crippen LogP contribution in [0, 0.1) is 22.7 Å². The van der Waals surface area contributed by atoms with Gasteiger partial charge in [0, 0.05) is 51.8 Å². The number of carbonyl (C=O) groups is 1. The minimum atomic E-state index is -4.57. The third kappa shape index (κ3) is 5.13. The van der Waals surface area contributed by atoms with Gasteiger partial charge in [-0.1, -0.05) is 0 Å². The van der Waals surface area contributed by atoms with Gasteiger partial charge in [-0.25, -0.2) is 0 Å². The van der Waals surface area contributed by atoms with E-state index < -0.39 is 11.7 Å². The molecule has 9 heteroatoms. The molecule has 1 amide bonds. The number of piperidine rings is 1. The number of likely N-dealkylation sites (tertiary alicyclic amines) is 1. The molecule has 1 spiro atoms. The van der Waals surface area contributed by atoms with Gasteiger partial charge in [0.1, 0.15) is 0 Å². The maximum atomic E-state index is 13.3. The first-order valence-electron chi connectivity index (χ1n) is 10.4. The SMILES string of the molecule is COCCOCC1CN(C(C)=O)CC12CCN(c1ccc(C#N)c(C(F)(F)F)c1)CC2. The standard InChI is InChI=1S/C22H28F3N3O3/c1-16(29)28-13-18(14-31-10-9-30-2)21(15-28)5-7-27(8-6-21)19-4-3-17(12-26)20(11-19)22(23,24)25/h3-4,11,18H,5-10,13-15H2,1-2H3. The van der Waals surface area contributed by atoms with Crippen molar-refractivity contribution in [3.8, 4) is 6.07 Å². The van der Waals surface area contributed by atoms with E-state index in [4.69, 9.17) is 14.7 Å². The molecule has 1 aromatic carbocycles. The summed E-state index contributed by atoms with van der Waals surface area (Å²) >= 11 is 0. The molecule has 2 fully saturated rings. The van der Waals surface area contributed by atoms with Gasteiger partial charge in [0.15, 0.2) is 0 Å². The van der Waals surface area contributed by atoms with Crippen LogP contribution in [0.1, 0.15) is 30.9 Å². The topological polar surface area (TPSA) is 65.8 Å². The van der Waals surface area contributed by atoms with Gasteiger partial charge in [0.25, 0.3) is 0 Å². The Balaban J connectivity index is 1.73. The third-order valence-electron chi connectivity index (χ3n) is 6.56. The van der Waals surface area contributed by atoms with E-state index in [1.54, 1.807) is 26.2 Å². The van der Waals surface area contributed by atoms with Crippen LogP contribution in [0.5, 0.6) is 0 Å². The summed E-state index contributed by atoms with van der Waals surface area (Å²) in [4.78, 5) is 15.8. The zero-order chi connectivity index (χ0) is 22.6. The first kappa shape index (κ1) is 23.4. The molecule has 0 saturated carbocycles. The van der Waals surface area contributed by atoms with Crippen molar-refractivity contribution < 1.29 is 27.4 Å². The van der Waals surface area contributed by atoms with Gasteiger partial charge in [-0.3, -0.25) is 4.79 Å². The number of benzene rings is 1. The predicted octanol–water partition coefficient (Wildman–Crippen LogP) is 3.30. The van der Waals surface area contributed by atoms with Gasteiger partial charge < -0.3 is 19.3 Å². The number of ether oxygens (including phenoxy) is 2. The monoisotopic (exact) mass is 439 g/mol. The molecule has 0 bridgehead atoms. The number of hydrogen-bond acceptors (Lipinski definition) is 5. The lowest BCUT2D eigenvalue weighted by molar-refractivity contribution is -0.137. The number of halogens is 3. The average molecular weight is 439 g/mol. The summed E-state index contributed by atoms with van der Waals surface area (Å²) in [6.45, 7) is 5.54. The zero-order valence-corrected chi connectivity index (χ0v) is 17.9. The molecule has 1 aromatic rings. The molecule has 170 valence electrons. The number of anilines is 1. The Hall–Kier alpha value is -2.31. The highest BCUT2D eigenvalue weighted by Gasteiger charge is 2.48. The lowest BCUT2D eigenvalue weighted by atomic mass is 9.71. The molecule has 31 heavy (non-hydrogen) atoms. The van der Waals surface area contributed by atoms with Crippen molar-refractivity contribution in [2.45, 2.75) is 25.9 Å². The van der Waals surface area contributed by atoms with E-state index in [-0.39, 0.29) is 22.8 Å². The highest BCUT2D eigenvalue weighted by molar-refractivity contribution is 5.73. The Kier molecular flexibility index (Phi) is 7.12. The normalized spacial score (nSPS) is 20.8. The number of methoxy groups -OCH3 is 1. The number of nitriles is 1. The Morgan fingerprint density at radius 3 is 2.58 bits per heavy atom. The number of carbonyl (C=O) groups excluding carboxylic acids is 1. The van der Waals surface area contributed by atoms with E-state index in [2.05, 4.69) is 0 Å². The minimum Gasteiger partial charge on any atom is -0.382 e. The fraction of sp³-hybridized carbons (Fsp3) is 0.636. The summed E-state index contributed by atoms with van der Waals surface area (Å²) in [5.41, 5.74) is -0.906. The van der Waals surface area contributed by atoms with Gasteiger partial charge in [0.2, 0.25) is 5.91 Å². The first-order chi connectivity index (χ1) is 14.7. The molecule has 2 aliphatic rings. The average Bonchev–Trinajstić information content (AvgIpc) is 3.09. The largest absolute Gasteiger partial charge is 0.417 e. The Bertz CT molecular complexity index is 830. The fourth-order valence-electron chi connectivity index (χ4n) is 4.71. The molecule has 6 nitrogen and oxygen atoms in total. The van der Waals surface area contributed by atoms with Crippen LogP contribution in [-0.2, 0) is 20.4 Å². The highest BCUT2D eigenvalue weighted by Crippen LogP contribution is 2.46. The Morgan fingerprint density at radius 1 is 1.29 bits per heavy atom. The summed E-state index contributed by atoms with van der Waals surface area (Å²) in [6.07, 6.45) is -3.05. The van der Waals surface area contributed by atoms with Crippen molar-refractivity contribution in [2.75, 3.05) is 58.0 Å². The van der Waals surface area contributed by atoms with Crippen LogP contribution in [0.2, 0.25) is 0 Å². The molecule has 0 aromatic heterocycles. The minimum absolute atomic E-state index is 0.0307. The maximum Gasteiger partial charge on any atom is 0.417 e. The van der Waals surface area contributed by atoms with E-state index in [1.807, 2.05) is 9.80 Å². The van der Waals surface area contributed by atoms with Gasteiger partial charge in [-0.15, -0.1) is 0 Å². The lowest BCUT2D eigenvalue weighted by Gasteiger charge is -2.43. The summed E-state index contributed by atoms with van der Waals surface area (Å²) in [5.74, 6) is 0.213. The van der Waals surface area contributed by atoms with E-state index in [0.717, 1.165) is 18.9 Å². The van der Waals surface area contributed by atoms with E-state index >= 15 is 0 Å². The molecular formula is C22H28F3N3O3. The van der Waals surface area contributed by atoms with Gasteiger partial charge >= 0.3 is 6.18 Å². The van der Waals surface area contributed by atoms with Crippen LogP contribution in [0.15, 0.2) is 18.2 Å². The smallest absolute Gasteiger partial charge is 0.382 e. The second kappa shape index (κ2) is 9.45. The summed E-state index contributed by atoms with van der Waals surface area (Å²) < 4.78 is 50.8. The van der Waals surface area contributed by atoms with E-state index in [0.29, 0.717) is 51.7 Å². The van der Waals surface area contributed by atoms with Crippen molar-refractivity contribution in [2.24, 2.45) is 11.3 Å². The molecule has 2 heterocycles.